The van der Waals surface area contributed by atoms with Crippen LogP contribution in [-0.4, -0.2) is 54.8 Å². The fourth-order valence-electron chi connectivity index (χ4n) is 6.64. The molecule has 0 bridgehead atoms. The number of amidine groups is 1. The average Bonchev–Trinajstić information content (AvgIpc) is 3.04. The lowest BCUT2D eigenvalue weighted by Crippen LogP contribution is -2.56. The van der Waals surface area contributed by atoms with Gasteiger partial charge in [-0.1, -0.05) is 76.1 Å². The molecular weight excluding hydrogens is 570 g/mol. The lowest BCUT2D eigenvalue weighted by molar-refractivity contribution is -0.148. The van der Waals surface area contributed by atoms with Crippen molar-refractivity contribution in [1.29, 1.82) is 5.41 Å². The van der Waals surface area contributed by atoms with E-state index in [4.69, 9.17) is 27.3 Å². The van der Waals surface area contributed by atoms with Gasteiger partial charge in [-0.2, -0.15) is 0 Å². The summed E-state index contributed by atoms with van der Waals surface area (Å²) in [6, 6.07) is 5.90. The number of amides is 2. The molecule has 9 N–H and O–H groups in total. The van der Waals surface area contributed by atoms with Crippen LogP contribution >= 0.6 is 0 Å². The maximum absolute atomic E-state index is 14.2. The Kier molecular flexibility index (Phi) is 15.1. The molecule has 2 aliphatic carbocycles. The minimum absolute atomic E-state index is 0.00764. The van der Waals surface area contributed by atoms with E-state index >= 15 is 0 Å². The fourth-order valence-corrected chi connectivity index (χ4v) is 6.64. The number of guanidine groups is 1. The highest BCUT2D eigenvalue weighted by atomic mass is 16.5. The summed E-state index contributed by atoms with van der Waals surface area (Å²) in [6.45, 7) is 2.63. The Morgan fingerprint density at radius 2 is 1.51 bits per heavy atom. The second-order valence-electron chi connectivity index (χ2n) is 12.7. The van der Waals surface area contributed by atoms with Crippen molar-refractivity contribution in [2.45, 2.75) is 115 Å². The molecule has 3 atom stereocenters. The molecule has 2 saturated carbocycles. The van der Waals surface area contributed by atoms with Crippen molar-refractivity contribution in [1.82, 2.24) is 10.6 Å². The summed E-state index contributed by atoms with van der Waals surface area (Å²) in [7, 11) is 0. The zero-order valence-corrected chi connectivity index (χ0v) is 27.0. The van der Waals surface area contributed by atoms with Gasteiger partial charge in [0, 0.05) is 18.0 Å². The van der Waals surface area contributed by atoms with Gasteiger partial charge < -0.3 is 32.6 Å². The summed E-state index contributed by atoms with van der Waals surface area (Å²) in [4.78, 5) is 45.2. The van der Waals surface area contributed by atoms with Gasteiger partial charge in [0.25, 0.3) is 0 Å². The SMILES string of the molecule is CCCCOC(=O)C(CCCN=C(N)N)NC(=O)C(NC(=O)C(Cc1ccc(C(=N)N)cc1)C1CCCCC1)C1CCCCC1. The summed E-state index contributed by atoms with van der Waals surface area (Å²) in [5.74, 6) is -1.04. The van der Waals surface area contributed by atoms with Gasteiger partial charge in [0.1, 0.15) is 17.9 Å². The molecule has 0 spiro atoms. The van der Waals surface area contributed by atoms with E-state index in [1.165, 1.54) is 6.42 Å². The molecule has 11 nitrogen and oxygen atoms in total. The molecule has 1 aromatic carbocycles. The van der Waals surface area contributed by atoms with Crippen molar-refractivity contribution in [2.75, 3.05) is 13.2 Å². The zero-order chi connectivity index (χ0) is 32.6. The van der Waals surface area contributed by atoms with Crippen LogP contribution in [0.15, 0.2) is 29.3 Å². The van der Waals surface area contributed by atoms with E-state index in [1.54, 1.807) is 0 Å². The summed E-state index contributed by atoms with van der Waals surface area (Å²) < 4.78 is 5.49. The number of nitrogens with two attached hydrogens (primary N) is 3. The summed E-state index contributed by atoms with van der Waals surface area (Å²) in [5.41, 5.74) is 18.2. The first kappa shape index (κ1) is 35.8. The Morgan fingerprint density at radius 1 is 0.889 bits per heavy atom. The Morgan fingerprint density at radius 3 is 2.09 bits per heavy atom. The number of ether oxygens (including phenoxy) is 1. The molecule has 0 aromatic heterocycles. The quantitative estimate of drug-likeness (QED) is 0.0656. The molecular formula is C34H55N7O4. The molecule has 250 valence electrons. The molecule has 0 radical (unpaired) electrons. The molecule has 2 fully saturated rings. The van der Waals surface area contributed by atoms with Crippen LogP contribution in [0.2, 0.25) is 0 Å². The van der Waals surface area contributed by atoms with Gasteiger partial charge in [-0.3, -0.25) is 20.0 Å². The second kappa shape index (κ2) is 19.0. The van der Waals surface area contributed by atoms with Crippen molar-refractivity contribution < 1.29 is 19.1 Å². The first-order valence-electron chi connectivity index (χ1n) is 17.0. The fraction of sp³-hybridized carbons (Fsp3) is 0.676. The number of aliphatic imine (C=N–C) groups is 1. The maximum atomic E-state index is 14.2. The smallest absolute Gasteiger partial charge is 0.328 e. The first-order chi connectivity index (χ1) is 21.7. The number of esters is 1. The largest absolute Gasteiger partial charge is 0.464 e. The molecule has 45 heavy (non-hydrogen) atoms. The number of benzene rings is 1. The Hall–Kier alpha value is -3.63. The van der Waals surface area contributed by atoms with Crippen LogP contribution in [0.5, 0.6) is 0 Å². The Bertz CT molecular complexity index is 1120. The number of nitrogens with zero attached hydrogens (tertiary/aromatic N) is 1. The average molecular weight is 626 g/mol. The van der Waals surface area contributed by atoms with Gasteiger partial charge in [-0.05, 0) is 68.8 Å². The van der Waals surface area contributed by atoms with E-state index in [0.717, 1.165) is 76.2 Å². The van der Waals surface area contributed by atoms with Crippen LogP contribution in [0, 0.1) is 23.2 Å². The molecule has 0 aliphatic heterocycles. The standard InChI is InChI=1S/C34H55N7O4/c1-2-3-21-45-33(44)28(15-10-20-39-34(37)38)40-32(43)29(25-13-8-5-9-14-25)41-31(42)27(24-11-6-4-7-12-24)22-23-16-18-26(19-17-23)30(35)36/h16-19,24-25,27-29H,2-15,20-22H2,1H3,(H3,35,36)(H,40,43)(H,41,42)(H4,37,38,39). The summed E-state index contributed by atoms with van der Waals surface area (Å²) in [5, 5.41) is 13.9. The normalized spacial score (nSPS) is 17.8. The van der Waals surface area contributed by atoms with Crippen LogP contribution in [-0.2, 0) is 25.5 Å². The Balaban J connectivity index is 1.80. The third kappa shape index (κ3) is 12.0. The molecule has 0 heterocycles. The van der Waals surface area contributed by atoms with E-state index in [9.17, 15) is 14.4 Å². The molecule has 3 rings (SSSR count). The molecule has 0 saturated heterocycles. The number of carbonyl (C=O) groups is 3. The van der Waals surface area contributed by atoms with Gasteiger partial charge in [-0.25, -0.2) is 4.79 Å². The van der Waals surface area contributed by atoms with Crippen molar-refractivity contribution in [3.8, 4) is 0 Å². The first-order valence-corrected chi connectivity index (χ1v) is 17.0. The van der Waals surface area contributed by atoms with Gasteiger partial charge in [0.15, 0.2) is 5.96 Å². The van der Waals surface area contributed by atoms with Crippen LogP contribution in [0.3, 0.4) is 0 Å². The minimum atomic E-state index is -0.861. The zero-order valence-electron chi connectivity index (χ0n) is 27.0. The van der Waals surface area contributed by atoms with Gasteiger partial charge in [0.2, 0.25) is 11.8 Å². The lowest BCUT2D eigenvalue weighted by Gasteiger charge is -2.34. The molecule has 2 aliphatic rings. The Labute approximate surface area is 268 Å². The lowest BCUT2D eigenvalue weighted by atomic mass is 9.76. The molecule has 11 heteroatoms. The van der Waals surface area contributed by atoms with Crippen LogP contribution < -0.4 is 27.8 Å². The number of nitrogen functional groups attached to an aromatic ring is 1. The highest BCUT2D eigenvalue weighted by Gasteiger charge is 2.37. The number of unbranched alkanes of at least 4 members (excludes halogenated alkanes) is 1. The maximum Gasteiger partial charge on any atom is 0.328 e. The predicted octanol–water partition coefficient (Wildman–Crippen LogP) is 3.66. The second-order valence-corrected chi connectivity index (χ2v) is 12.7. The summed E-state index contributed by atoms with van der Waals surface area (Å²) >= 11 is 0. The number of hydrogen-bond acceptors (Lipinski definition) is 6. The van der Waals surface area contributed by atoms with E-state index in [-0.39, 0.29) is 48.0 Å². The van der Waals surface area contributed by atoms with E-state index < -0.39 is 18.1 Å². The van der Waals surface area contributed by atoms with E-state index in [2.05, 4.69) is 15.6 Å². The predicted molar refractivity (Wildman–Crippen MR) is 177 cm³/mol. The van der Waals surface area contributed by atoms with Crippen molar-refractivity contribution in [3.63, 3.8) is 0 Å². The highest BCUT2D eigenvalue weighted by molar-refractivity contribution is 5.95. The monoisotopic (exact) mass is 625 g/mol. The minimum Gasteiger partial charge on any atom is -0.464 e. The van der Waals surface area contributed by atoms with Gasteiger partial charge >= 0.3 is 5.97 Å². The van der Waals surface area contributed by atoms with Crippen LogP contribution in [0.1, 0.15) is 108 Å². The van der Waals surface area contributed by atoms with Crippen LogP contribution in [0.4, 0.5) is 0 Å². The number of carbonyl (C=O) groups excluding carboxylic acids is 3. The molecule has 3 unspecified atom stereocenters. The molecule has 2 amide bonds. The molecule has 1 aromatic rings. The van der Waals surface area contributed by atoms with Crippen LogP contribution in [0.25, 0.3) is 0 Å². The van der Waals surface area contributed by atoms with E-state index in [1.807, 2.05) is 31.2 Å². The topological polar surface area (TPSA) is 199 Å². The number of hydrogen-bond donors (Lipinski definition) is 6. The van der Waals surface area contributed by atoms with Crippen molar-refractivity contribution >= 4 is 29.6 Å². The third-order valence-corrected chi connectivity index (χ3v) is 9.27. The van der Waals surface area contributed by atoms with Crippen molar-refractivity contribution in [2.24, 2.45) is 39.9 Å². The third-order valence-electron chi connectivity index (χ3n) is 9.27. The van der Waals surface area contributed by atoms with Gasteiger partial charge in [-0.15, -0.1) is 0 Å². The number of rotatable bonds is 17. The summed E-state index contributed by atoms with van der Waals surface area (Å²) in [6.07, 6.45) is 13.1. The van der Waals surface area contributed by atoms with Crippen molar-refractivity contribution in [3.05, 3.63) is 35.4 Å². The number of nitrogens with one attached hydrogen (secondary N) is 3. The van der Waals surface area contributed by atoms with E-state index in [0.29, 0.717) is 31.4 Å². The highest BCUT2D eigenvalue weighted by Crippen LogP contribution is 2.33. The van der Waals surface area contributed by atoms with Gasteiger partial charge in [0.05, 0.1) is 6.61 Å².